The molecule has 1 atom stereocenters. The first-order valence-corrected chi connectivity index (χ1v) is 11.5. The summed E-state index contributed by atoms with van der Waals surface area (Å²) >= 11 is 0. The van der Waals surface area contributed by atoms with Crippen LogP contribution in [-0.4, -0.2) is 75.2 Å². The third kappa shape index (κ3) is 5.89. The second-order valence-electron chi connectivity index (χ2n) is 7.24. The molecule has 3 rings (SSSR count). The molecule has 170 valence electrons. The summed E-state index contributed by atoms with van der Waals surface area (Å²) < 4.78 is 32.1. The fourth-order valence-corrected chi connectivity index (χ4v) is 3.65. The number of hydrogen-bond acceptors (Lipinski definition) is 8. The molecule has 2 heterocycles. The Morgan fingerprint density at radius 2 is 2.00 bits per heavy atom. The van der Waals surface area contributed by atoms with Crippen LogP contribution in [0, 0.1) is 0 Å². The monoisotopic (exact) mass is 461 g/mol. The van der Waals surface area contributed by atoms with Crippen LogP contribution in [0.25, 0.3) is 10.8 Å². The molecule has 1 N–H and O–H groups in total. The summed E-state index contributed by atoms with van der Waals surface area (Å²) in [5, 5.41) is 4.15. The molecule has 0 aliphatic carbocycles. The molecule has 2 amide bonds. The zero-order valence-corrected chi connectivity index (χ0v) is 18.4. The summed E-state index contributed by atoms with van der Waals surface area (Å²) in [7, 11) is -2.50. The number of nitrogens with one attached hydrogen (secondary N) is 1. The highest BCUT2D eigenvalue weighted by molar-refractivity contribution is 7.86. The van der Waals surface area contributed by atoms with Crippen LogP contribution in [0.4, 0.5) is 0 Å². The van der Waals surface area contributed by atoms with Crippen LogP contribution in [0.2, 0.25) is 0 Å². The van der Waals surface area contributed by atoms with Gasteiger partial charge in [0.1, 0.15) is 18.3 Å². The van der Waals surface area contributed by atoms with Gasteiger partial charge in [-0.15, -0.1) is 0 Å². The zero-order chi connectivity index (χ0) is 23.3. The summed E-state index contributed by atoms with van der Waals surface area (Å²) in [6, 6.07) is 8.03. The molecule has 1 aliphatic rings. The number of nitrogens with zero attached hydrogens (tertiary/aromatic N) is 2. The topological polar surface area (TPSA) is 132 Å². The molecule has 0 radical (unpaired) electrons. The summed E-state index contributed by atoms with van der Waals surface area (Å²) in [4.78, 5) is 43.2. The van der Waals surface area contributed by atoms with E-state index in [4.69, 9.17) is 4.18 Å². The molecule has 2 aromatic rings. The molecule has 1 aromatic carbocycles. The number of rotatable bonds is 7. The number of pyridine rings is 1. The maximum atomic E-state index is 13.1. The van der Waals surface area contributed by atoms with Gasteiger partial charge in [0, 0.05) is 18.1 Å². The van der Waals surface area contributed by atoms with E-state index in [0.29, 0.717) is 11.0 Å². The van der Waals surface area contributed by atoms with Crippen LogP contribution in [0.5, 0.6) is 0 Å². The van der Waals surface area contributed by atoms with Gasteiger partial charge in [0.25, 0.3) is 16.0 Å². The Balaban J connectivity index is 1.84. The highest BCUT2D eigenvalue weighted by Crippen LogP contribution is 2.18. The van der Waals surface area contributed by atoms with Gasteiger partial charge in [-0.2, -0.15) is 8.42 Å². The van der Waals surface area contributed by atoms with Crippen molar-refractivity contribution >= 4 is 38.7 Å². The zero-order valence-electron chi connectivity index (χ0n) is 17.6. The Hall–Kier alpha value is -3.31. The SMILES string of the molecule is COC(=O)CN1CC(COS(C)(=O)=O)=CC[C@H](NC(=O)c2nccc3ccccc23)C1=O. The highest BCUT2D eigenvalue weighted by atomic mass is 32.2. The van der Waals surface area contributed by atoms with E-state index in [0.717, 1.165) is 11.6 Å². The Labute approximate surface area is 185 Å². The van der Waals surface area contributed by atoms with Crippen LogP contribution >= 0.6 is 0 Å². The minimum Gasteiger partial charge on any atom is -0.468 e. The van der Waals surface area contributed by atoms with Gasteiger partial charge < -0.3 is 15.0 Å². The maximum Gasteiger partial charge on any atom is 0.325 e. The number of methoxy groups -OCH3 is 1. The van der Waals surface area contributed by atoms with Crippen molar-refractivity contribution in [3.8, 4) is 0 Å². The number of carbonyl (C=O) groups excluding carboxylic acids is 3. The lowest BCUT2D eigenvalue weighted by molar-refractivity contribution is -0.147. The largest absolute Gasteiger partial charge is 0.468 e. The Morgan fingerprint density at radius 1 is 1.25 bits per heavy atom. The van der Waals surface area contributed by atoms with E-state index in [1.54, 1.807) is 24.3 Å². The van der Waals surface area contributed by atoms with Crippen LogP contribution in [0.3, 0.4) is 0 Å². The number of esters is 1. The van der Waals surface area contributed by atoms with Crippen LogP contribution in [-0.2, 0) is 28.6 Å². The number of aromatic nitrogens is 1. The average Bonchev–Trinajstić information content (AvgIpc) is 2.90. The Morgan fingerprint density at radius 3 is 2.72 bits per heavy atom. The van der Waals surface area contributed by atoms with Crippen molar-refractivity contribution in [1.82, 2.24) is 15.2 Å². The lowest BCUT2D eigenvalue weighted by atomic mass is 10.1. The number of carbonyl (C=O) groups is 3. The molecular formula is C21H23N3O7S. The van der Waals surface area contributed by atoms with Crippen LogP contribution < -0.4 is 5.32 Å². The fourth-order valence-electron chi connectivity index (χ4n) is 3.28. The van der Waals surface area contributed by atoms with Crippen LogP contribution in [0.1, 0.15) is 16.9 Å². The number of fused-ring (bicyclic) bond motifs is 1. The Bertz CT molecular complexity index is 1170. The fraction of sp³-hybridized carbons (Fsp3) is 0.333. The molecule has 0 unspecified atom stereocenters. The number of amides is 2. The minimum absolute atomic E-state index is 0.0393. The molecule has 0 saturated heterocycles. The normalized spacial score (nSPS) is 16.9. The predicted molar refractivity (Wildman–Crippen MR) is 115 cm³/mol. The van der Waals surface area contributed by atoms with Crippen LogP contribution in [0.15, 0.2) is 48.2 Å². The Kier molecular flexibility index (Phi) is 7.21. The molecular weight excluding hydrogens is 438 g/mol. The molecule has 11 heteroatoms. The molecule has 0 bridgehead atoms. The van der Waals surface area contributed by atoms with Gasteiger partial charge in [-0.25, -0.2) is 0 Å². The first-order chi connectivity index (χ1) is 15.2. The van der Waals surface area contributed by atoms with Crippen molar-refractivity contribution in [2.24, 2.45) is 0 Å². The molecule has 0 saturated carbocycles. The average molecular weight is 461 g/mol. The van der Waals surface area contributed by atoms with Gasteiger partial charge in [0.05, 0.1) is 20.0 Å². The third-order valence-corrected chi connectivity index (χ3v) is 5.39. The predicted octanol–water partition coefficient (Wildman–Crippen LogP) is 0.641. The van der Waals surface area contributed by atoms with Gasteiger partial charge in [-0.1, -0.05) is 30.3 Å². The number of benzene rings is 1. The van der Waals surface area contributed by atoms with Gasteiger partial charge in [-0.3, -0.25) is 23.6 Å². The lowest BCUT2D eigenvalue weighted by Gasteiger charge is -2.24. The molecule has 0 fully saturated rings. The summed E-state index contributed by atoms with van der Waals surface area (Å²) in [6.45, 7) is -0.665. The van der Waals surface area contributed by atoms with Crippen molar-refractivity contribution in [2.45, 2.75) is 12.5 Å². The van der Waals surface area contributed by atoms with Crippen molar-refractivity contribution in [1.29, 1.82) is 0 Å². The lowest BCUT2D eigenvalue weighted by Crippen LogP contribution is -2.49. The van der Waals surface area contributed by atoms with Gasteiger partial charge in [0.15, 0.2) is 0 Å². The molecule has 1 aliphatic heterocycles. The highest BCUT2D eigenvalue weighted by Gasteiger charge is 2.31. The molecule has 0 spiro atoms. The third-order valence-electron chi connectivity index (χ3n) is 4.85. The van der Waals surface area contributed by atoms with E-state index in [2.05, 4.69) is 15.0 Å². The summed E-state index contributed by atoms with van der Waals surface area (Å²) in [5.41, 5.74) is 0.650. The smallest absolute Gasteiger partial charge is 0.325 e. The van der Waals surface area contributed by atoms with Gasteiger partial charge in [-0.05, 0) is 23.4 Å². The van der Waals surface area contributed by atoms with Crippen molar-refractivity contribution in [2.75, 3.05) is 33.1 Å². The van der Waals surface area contributed by atoms with Gasteiger partial charge in [0.2, 0.25) is 5.91 Å². The van der Waals surface area contributed by atoms with E-state index in [9.17, 15) is 22.8 Å². The van der Waals surface area contributed by atoms with E-state index < -0.39 is 33.9 Å². The van der Waals surface area contributed by atoms with Crippen molar-refractivity contribution in [3.05, 3.63) is 53.9 Å². The minimum atomic E-state index is -3.70. The molecule has 10 nitrogen and oxygen atoms in total. The molecule has 32 heavy (non-hydrogen) atoms. The van der Waals surface area contributed by atoms with E-state index in [1.165, 1.54) is 18.2 Å². The van der Waals surface area contributed by atoms with Gasteiger partial charge >= 0.3 is 5.97 Å². The summed E-state index contributed by atoms with van der Waals surface area (Å²) in [6.07, 6.45) is 4.15. The summed E-state index contributed by atoms with van der Waals surface area (Å²) in [5.74, 6) is -1.69. The van der Waals surface area contributed by atoms with Crippen molar-refractivity contribution in [3.63, 3.8) is 0 Å². The molecule has 1 aromatic heterocycles. The number of ether oxygens (including phenoxy) is 1. The standard InChI is InChI=1S/C21H23N3O7S/c1-30-18(25)12-24-11-14(13-31-32(2,28)29)7-8-17(21(24)27)23-20(26)19-16-6-4-3-5-15(16)9-10-22-19/h3-7,9-10,17H,8,11-13H2,1-2H3,(H,23,26)/t17-/m0/s1. The maximum absolute atomic E-state index is 13.1. The quantitative estimate of drug-likeness (QED) is 0.361. The second kappa shape index (κ2) is 9.88. The van der Waals surface area contributed by atoms with E-state index >= 15 is 0 Å². The van der Waals surface area contributed by atoms with E-state index in [1.807, 2.05) is 12.1 Å². The second-order valence-corrected chi connectivity index (χ2v) is 8.89. The van der Waals surface area contributed by atoms with E-state index in [-0.39, 0.29) is 31.8 Å². The number of hydrogen-bond donors (Lipinski definition) is 1. The first kappa shape index (κ1) is 23.4. The first-order valence-electron chi connectivity index (χ1n) is 9.70. The van der Waals surface area contributed by atoms with Crippen molar-refractivity contribution < 1.29 is 31.7 Å².